The lowest BCUT2D eigenvalue weighted by Crippen LogP contribution is -2.32. The predicted octanol–water partition coefficient (Wildman–Crippen LogP) is -1.18. The maximum Gasteiger partial charge on any atom is 0.439 e. The van der Waals surface area contributed by atoms with Gasteiger partial charge in [-0.05, 0) is 6.07 Å². The third-order valence-electron chi connectivity index (χ3n) is 3.25. The van der Waals surface area contributed by atoms with Crippen LogP contribution in [0.25, 0.3) is 11.4 Å². The molecule has 0 spiro atoms. The first-order valence-corrected chi connectivity index (χ1v) is 6.65. The van der Waals surface area contributed by atoms with E-state index in [9.17, 15) is 9.59 Å². The van der Waals surface area contributed by atoms with Crippen LogP contribution in [0.2, 0.25) is 0 Å². The standard InChI is InChI=1S/C12H15N5O4/c18-11-9(10-15-12(19)21-16-10)1-2-14-17(11)6-8-5-13-3-4-20-7-8/h1-2,8,13H,3-7H2,(H,15,16,19). The highest BCUT2D eigenvalue weighted by atomic mass is 16.5. The van der Waals surface area contributed by atoms with Crippen LogP contribution < -0.4 is 16.6 Å². The summed E-state index contributed by atoms with van der Waals surface area (Å²) >= 11 is 0. The second-order valence-electron chi connectivity index (χ2n) is 4.82. The second kappa shape index (κ2) is 6.02. The molecule has 9 nitrogen and oxygen atoms in total. The van der Waals surface area contributed by atoms with Gasteiger partial charge in [0.15, 0.2) is 5.82 Å². The summed E-state index contributed by atoms with van der Waals surface area (Å²) in [5.74, 6) is -0.435. The molecule has 1 aliphatic heterocycles. The van der Waals surface area contributed by atoms with Gasteiger partial charge >= 0.3 is 5.76 Å². The van der Waals surface area contributed by atoms with Crippen molar-refractivity contribution in [1.29, 1.82) is 0 Å². The van der Waals surface area contributed by atoms with Crippen molar-refractivity contribution in [2.45, 2.75) is 6.54 Å². The van der Waals surface area contributed by atoms with Crippen LogP contribution in [0.1, 0.15) is 0 Å². The van der Waals surface area contributed by atoms with Crippen molar-refractivity contribution < 1.29 is 9.26 Å². The molecule has 112 valence electrons. The molecule has 1 saturated heterocycles. The molecule has 0 bridgehead atoms. The van der Waals surface area contributed by atoms with Crippen molar-refractivity contribution in [3.05, 3.63) is 33.2 Å². The Balaban J connectivity index is 1.86. The molecule has 0 aliphatic carbocycles. The van der Waals surface area contributed by atoms with E-state index in [1.165, 1.54) is 16.9 Å². The average Bonchev–Trinajstić information content (AvgIpc) is 2.74. The first-order chi connectivity index (χ1) is 10.2. The van der Waals surface area contributed by atoms with Gasteiger partial charge in [0.1, 0.15) is 0 Å². The van der Waals surface area contributed by atoms with Gasteiger partial charge in [0, 0.05) is 25.2 Å². The number of rotatable bonds is 3. The molecule has 0 saturated carbocycles. The molecule has 1 fully saturated rings. The number of nitrogens with one attached hydrogen (secondary N) is 2. The van der Waals surface area contributed by atoms with Gasteiger partial charge in [-0.25, -0.2) is 9.48 Å². The molecule has 3 rings (SSSR count). The normalized spacial score (nSPS) is 19.3. The van der Waals surface area contributed by atoms with E-state index in [4.69, 9.17) is 4.74 Å². The minimum absolute atomic E-state index is 0.108. The summed E-state index contributed by atoms with van der Waals surface area (Å²) in [6, 6.07) is 1.49. The molecule has 0 amide bonds. The SMILES string of the molecule is O=c1[nH]c(-c2ccnn(CC3CNCCOC3)c2=O)no1. The molecule has 0 aromatic carbocycles. The molecule has 0 radical (unpaired) electrons. The van der Waals surface area contributed by atoms with Gasteiger partial charge in [-0.2, -0.15) is 5.10 Å². The van der Waals surface area contributed by atoms with Gasteiger partial charge < -0.3 is 10.1 Å². The third-order valence-corrected chi connectivity index (χ3v) is 3.25. The predicted molar refractivity (Wildman–Crippen MR) is 71.8 cm³/mol. The van der Waals surface area contributed by atoms with Gasteiger partial charge in [-0.1, -0.05) is 5.16 Å². The minimum Gasteiger partial charge on any atom is -0.380 e. The van der Waals surface area contributed by atoms with Gasteiger partial charge in [0.2, 0.25) is 0 Å². The largest absolute Gasteiger partial charge is 0.439 e. The lowest BCUT2D eigenvalue weighted by Gasteiger charge is -2.14. The van der Waals surface area contributed by atoms with Crippen LogP contribution in [-0.4, -0.2) is 46.2 Å². The smallest absolute Gasteiger partial charge is 0.380 e. The molecular formula is C12H15N5O4. The number of ether oxygens (including phenoxy) is 1. The molecule has 1 aliphatic rings. The van der Waals surface area contributed by atoms with E-state index in [1.807, 2.05) is 0 Å². The van der Waals surface area contributed by atoms with E-state index in [0.29, 0.717) is 19.8 Å². The zero-order chi connectivity index (χ0) is 14.7. The highest BCUT2D eigenvalue weighted by Gasteiger charge is 2.17. The van der Waals surface area contributed by atoms with Crippen LogP contribution in [-0.2, 0) is 11.3 Å². The second-order valence-corrected chi connectivity index (χ2v) is 4.82. The van der Waals surface area contributed by atoms with E-state index in [1.54, 1.807) is 0 Å². The fourth-order valence-corrected chi connectivity index (χ4v) is 2.23. The number of hydrogen-bond acceptors (Lipinski definition) is 7. The third kappa shape index (κ3) is 3.09. The number of aromatic amines is 1. The van der Waals surface area contributed by atoms with Crippen molar-refractivity contribution in [3.8, 4) is 11.4 Å². The van der Waals surface area contributed by atoms with Crippen molar-refractivity contribution in [3.63, 3.8) is 0 Å². The monoisotopic (exact) mass is 293 g/mol. The topological polar surface area (TPSA) is 115 Å². The van der Waals surface area contributed by atoms with Crippen LogP contribution in [0.15, 0.2) is 26.4 Å². The van der Waals surface area contributed by atoms with Crippen molar-refractivity contribution in [2.75, 3.05) is 26.3 Å². The molecule has 3 heterocycles. The summed E-state index contributed by atoms with van der Waals surface area (Å²) in [6.07, 6.45) is 1.49. The highest BCUT2D eigenvalue weighted by Crippen LogP contribution is 2.07. The Morgan fingerprint density at radius 2 is 2.33 bits per heavy atom. The first-order valence-electron chi connectivity index (χ1n) is 6.65. The molecule has 2 aromatic heterocycles. The van der Waals surface area contributed by atoms with Gasteiger partial charge in [0.25, 0.3) is 5.56 Å². The van der Waals surface area contributed by atoms with Crippen molar-refractivity contribution >= 4 is 0 Å². The van der Waals surface area contributed by atoms with Crippen LogP contribution in [0.4, 0.5) is 0 Å². The first kappa shape index (κ1) is 13.7. The summed E-state index contributed by atoms with van der Waals surface area (Å²) in [5, 5.41) is 10.8. The zero-order valence-corrected chi connectivity index (χ0v) is 11.2. The van der Waals surface area contributed by atoms with E-state index in [2.05, 4.69) is 25.1 Å². The molecule has 2 aromatic rings. The van der Waals surface area contributed by atoms with E-state index >= 15 is 0 Å². The Hall–Kier alpha value is -2.26. The van der Waals surface area contributed by atoms with Crippen LogP contribution in [0, 0.1) is 5.92 Å². The van der Waals surface area contributed by atoms with Gasteiger partial charge in [-0.15, -0.1) is 0 Å². The summed E-state index contributed by atoms with van der Waals surface area (Å²) in [7, 11) is 0. The quantitative estimate of drug-likeness (QED) is 0.732. The lowest BCUT2D eigenvalue weighted by molar-refractivity contribution is 0.116. The lowest BCUT2D eigenvalue weighted by atomic mass is 10.1. The Morgan fingerprint density at radius 3 is 3.14 bits per heavy atom. The van der Waals surface area contributed by atoms with E-state index < -0.39 is 5.76 Å². The zero-order valence-electron chi connectivity index (χ0n) is 11.2. The Morgan fingerprint density at radius 1 is 1.43 bits per heavy atom. The summed E-state index contributed by atoms with van der Waals surface area (Å²) in [6.45, 7) is 3.24. The molecule has 9 heteroatoms. The molecule has 1 atom stereocenters. The van der Waals surface area contributed by atoms with Gasteiger partial charge in [-0.3, -0.25) is 14.3 Å². The fraction of sp³-hybridized carbons (Fsp3) is 0.500. The minimum atomic E-state index is -0.700. The molecular weight excluding hydrogens is 278 g/mol. The van der Waals surface area contributed by atoms with Crippen molar-refractivity contribution in [2.24, 2.45) is 5.92 Å². The van der Waals surface area contributed by atoms with Crippen LogP contribution >= 0.6 is 0 Å². The Kier molecular flexibility index (Phi) is 3.93. The maximum atomic E-state index is 12.4. The van der Waals surface area contributed by atoms with Crippen LogP contribution in [0.3, 0.4) is 0 Å². The summed E-state index contributed by atoms with van der Waals surface area (Å²) in [5.41, 5.74) is -0.0790. The maximum absolute atomic E-state index is 12.4. The average molecular weight is 293 g/mol. The number of hydrogen-bond donors (Lipinski definition) is 2. The Bertz CT molecular complexity index is 711. The summed E-state index contributed by atoms with van der Waals surface area (Å²) < 4.78 is 11.2. The number of H-pyrrole nitrogens is 1. The van der Waals surface area contributed by atoms with E-state index in [0.717, 1.165) is 13.1 Å². The number of nitrogens with zero attached hydrogens (tertiary/aromatic N) is 3. The van der Waals surface area contributed by atoms with Crippen LogP contribution in [0.5, 0.6) is 0 Å². The molecule has 2 N–H and O–H groups in total. The van der Waals surface area contributed by atoms with Crippen molar-refractivity contribution in [1.82, 2.24) is 25.2 Å². The Labute approximate surface area is 118 Å². The molecule has 1 unspecified atom stereocenters. The molecule has 21 heavy (non-hydrogen) atoms. The van der Waals surface area contributed by atoms with Gasteiger partial charge in [0.05, 0.1) is 25.3 Å². The fourth-order valence-electron chi connectivity index (χ4n) is 2.23. The highest BCUT2D eigenvalue weighted by molar-refractivity contribution is 5.51. The van der Waals surface area contributed by atoms with E-state index in [-0.39, 0.29) is 22.9 Å². The number of aromatic nitrogens is 4. The summed E-state index contributed by atoms with van der Waals surface area (Å²) in [4.78, 5) is 25.7.